The highest BCUT2D eigenvalue weighted by molar-refractivity contribution is 6.34. The van der Waals surface area contributed by atoms with E-state index in [-0.39, 0.29) is 18.4 Å². The molecule has 1 aromatic heterocycles. The van der Waals surface area contributed by atoms with Crippen LogP contribution in [0.1, 0.15) is 26.2 Å². The van der Waals surface area contributed by atoms with E-state index in [2.05, 4.69) is 26.2 Å². The van der Waals surface area contributed by atoms with Gasteiger partial charge >= 0.3 is 0 Å². The van der Waals surface area contributed by atoms with Crippen molar-refractivity contribution in [3.63, 3.8) is 0 Å². The van der Waals surface area contributed by atoms with Gasteiger partial charge in [0.15, 0.2) is 0 Å². The van der Waals surface area contributed by atoms with Crippen LogP contribution in [0, 0.1) is 17.8 Å². The van der Waals surface area contributed by atoms with E-state index < -0.39 is 11.7 Å². The molecular formula is C27H34ClFN4O3. The van der Waals surface area contributed by atoms with Gasteiger partial charge in [0.05, 0.1) is 29.5 Å². The largest absolute Gasteiger partial charge is 0.381 e. The van der Waals surface area contributed by atoms with Crippen molar-refractivity contribution >= 4 is 39.8 Å². The Bertz CT molecular complexity index is 1140. The first kappa shape index (κ1) is 24.3. The first-order chi connectivity index (χ1) is 17.4. The van der Waals surface area contributed by atoms with E-state index in [0.717, 1.165) is 75.1 Å². The molecule has 1 aliphatic carbocycles. The van der Waals surface area contributed by atoms with Crippen molar-refractivity contribution in [3.05, 3.63) is 29.4 Å². The first-order valence-corrected chi connectivity index (χ1v) is 13.5. The maximum absolute atomic E-state index is 14.5. The lowest BCUT2D eigenvalue weighted by molar-refractivity contribution is -0.117. The first-order valence-electron chi connectivity index (χ1n) is 13.1. The van der Waals surface area contributed by atoms with E-state index in [9.17, 15) is 9.18 Å². The molecule has 36 heavy (non-hydrogen) atoms. The van der Waals surface area contributed by atoms with Crippen LogP contribution in [-0.4, -0.2) is 80.1 Å². The van der Waals surface area contributed by atoms with Gasteiger partial charge in [-0.3, -0.25) is 9.69 Å². The van der Waals surface area contributed by atoms with E-state index in [1.807, 2.05) is 19.1 Å². The van der Waals surface area contributed by atoms with Crippen LogP contribution in [0.2, 0.25) is 5.02 Å². The zero-order valence-electron chi connectivity index (χ0n) is 20.7. The number of carbonyl (C=O) groups is 1. The fourth-order valence-electron chi connectivity index (χ4n) is 6.25. The molecule has 1 N–H and O–H groups in total. The van der Waals surface area contributed by atoms with Gasteiger partial charge in [-0.25, -0.2) is 9.37 Å². The number of piperazine rings is 1. The molecule has 0 radical (unpaired) electrons. The van der Waals surface area contributed by atoms with Crippen LogP contribution >= 0.6 is 11.6 Å². The summed E-state index contributed by atoms with van der Waals surface area (Å²) in [5, 5.41) is 5.63. The van der Waals surface area contributed by atoms with Crippen LogP contribution in [0.3, 0.4) is 0 Å². The number of halogens is 2. The molecule has 0 unspecified atom stereocenters. The minimum Gasteiger partial charge on any atom is -0.381 e. The molecule has 3 saturated heterocycles. The summed E-state index contributed by atoms with van der Waals surface area (Å²) in [6, 6.07) is 5.94. The van der Waals surface area contributed by atoms with Crippen LogP contribution in [-0.2, 0) is 14.3 Å². The van der Waals surface area contributed by atoms with E-state index >= 15 is 0 Å². The molecule has 1 aromatic carbocycles. The van der Waals surface area contributed by atoms with E-state index in [1.165, 1.54) is 0 Å². The van der Waals surface area contributed by atoms with E-state index in [0.29, 0.717) is 29.3 Å². The summed E-state index contributed by atoms with van der Waals surface area (Å²) in [6.45, 7) is 7.22. The van der Waals surface area contributed by atoms with Gasteiger partial charge in [-0.05, 0) is 61.6 Å². The third-order valence-electron chi connectivity index (χ3n) is 8.76. The number of amides is 1. The van der Waals surface area contributed by atoms with Gasteiger partial charge in [0.25, 0.3) is 0 Å². The molecule has 4 atom stereocenters. The molecule has 1 amide bonds. The Kier molecular flexibility index (Phi) is 6.56. The third-order valence-corrected chi connectivity index (χ3v) is 9.07. The molecule has 4 heterocycles. The zero-order valence-corrected chi connectivity index (χ0v) is 21.5. The minimum absolute atomic E-state index is 0.0687. The quantitative estimate of drug-likeness (QED) is 0.644. The Labute approximate surface area is 216 Å². The highest BCUT2D eigenvalue weighted by Gasteiger charge is 2.48. The highest BCUT2D eigenvalue weighted by atomic mass is 35.5. The van der Waals surface area contributed by atoms with E-state index in [1.54, 1.807) is 6.20 Å². The van der Waals surface area contributed by atoms with Gasteiger partial charge in [0.2, 0.25) is 5.91 Å². The summed E-state index contributed by atoms with van der Waals surface area (Å²) in [4.78, 5) is 21.8. The lowest BCUT2D eigenvalue weighted by Crippen LogP contribution is -2.59. The summed E-state index contributed by atoms with van der Waals surface area (Å²) in [5.74, 6) is 1.80. The Hall–Kier alpha value is -2.00. The second kappa shape index (κ2) is 9.71. The second-order valence-corrected chi connectivity index (χ2v) is 11.4. The van der Waals surface area contributed by atoms with E-state index in [4.69, 9.17) is 21.1 Å². The summed E-state index contributed by atoms with van der Waals surface area (Å²) in [7, 11) is 0. The van der Waals surface area contributed by atoms with Crippen LogP contribution in [0.5, 0.6) is 0 Å². The summed E-state index contributed by atoms with van der Waals surface area (Å²) >= 11 is 6.67. The lowest BCUT2D eigenvalue weighted by Gasteiger charge is -2.44. The minimum atomic E-state index is -0.961. The Balaban J connectivity index is 1.13. The number of hydrogen-bond donors (Lipinski definition) is 1. The number of nitrogens with one attached hydrogen (secondary N) is 1. The van der Waals surface area contributed by atoms with Gasteiger partial charge in [0, 0.05) is 56.9 Å². The standard InChI is InChI=1S/C27H34ClFN4O3/c1-27(16-36-15-24(27)29)33-6-4-32(5-7-33)23-11-18-12-25(30-14-19(18)10-22(23)28)31-26(34)21-13-20(21)17-2-8-35-9-3-17/h10-12,14,17,20-21,24H,2-9,13,15-16H2,1H3,(H,30,31,34)/t20-,21-,24-,27+/m0/s1. The smallest absolute Gasteiger partial charge is 0.228 e. The molecule has 4 aliphatic rings. The van der Waals surface area contributed by atoms with Crippen LogP contribution in [0.25, 0.3) is 10.8 Å². The Morgan fingerprint density at radius 1 is 1.14 bits per heavy atom. The second-order valence-electron chi connectivity index (χ2n) is 11.0. The van der Waals surface area contributed by atoms with Crippen molar-refractivity contribution in [2.24, 2.45) is 17.8 Å². The number of carbonyl (C=O) groups excluding carboxylic acids is 1. The van der Waals surface area contributed by atoms with Gasteiger partial charge in [-0.2, -0.15) is 0 Å². The number of pyridine rings is 1. The molecule has 3 aliphatic heterocycles. The number of alkyl halides is 1. The maximum Gasteiger partial charge on any atom is 0.228 e. The normalized spacial score (nSPS) is 31.6. The van der Waals surface area contributed by atoms with Crippen molar-refractivity contribution in [1.29, 1.82) is 0 Å². The molecule has 1 saturated carbocycles. The van der Waals surface area contributed by atoms with Crippen LogP contribution in [0.4, 0.5) is 15.9 Å². The fourth-order valence-corrected chi connectivity index (χ4v) is 6.54. The van der Waals surface area contributed by atoms with Crippen molar-refractivity contribution in [2.45, 2.75) is 37.9 Å². The SMILES string of the molecule is C[C@@]1(N2CCN(c3cc4cc(NC(=O)[C@H]5C[C@H]5C5CCOCC5)ncc4cc3Cl)CC2)COC[C@@H]1F. The number of aromatic nitrogens is 1. The number of nitrogens with zero attached hydrogens (tertiary/aromatic N) is 3. The molecule has 7 nitrogen and oxygen atoms in total. The lowest BCUT2D eigenvalue weighted by atomic mass is 9.93. The molecule has 0 spiro atoms. The van der Waals surface area contributed by atoms with Crippen molar-refractivity contribution in [3.8, 4) is 0 Å². The van der Waals surface area contributed by atoms with Gasteiger partial charge in [-0.15, -0.1) is 0 Å². The van der Waals surface area contributed by atoms with Crippen LogP contribution in [0.15, 0.2) is 24.4 Å². The topological polar surface area (TPSA) is 66.9 Å². The molecule has 9 heteroatoms. The number of hydrogen-bond acceptors (Lipinski definition) is 6. The highest BCUT2D eigenvalue weighted by Crippen LogP contribution is 2.48. The average molecular weight is 517 g/mol. The Morgan fingerprint density at radius 2 is 1.92 bits per heavy atom. The maximum atomic E-state index is 14.5. The van der Waals surface area contributed by atoms with Crippen molar-refractivity contribution < 1.29 is 18.7 Å². The molecule has 194 valence electrons. The van der Waals surface area contributed by atoms with Gasteiger partial charge in [-0.1, -0.05) is 11.6 Å². The molecule has 0 bridgehead atoms. The molecule has 4 fully saturated rings. The summed E-state index contributed by atoms with van der Waals surface area (Å²) in [6.07, 6.45) is 3.88. The predicted octanol–water partition coefficient (Wildman–Crippen LogP) is 4.14. The number of benzene rings is 1. The fraction of sp³-hybridized carbons (Fsp3) is 0.630. The van der Waals surface area contributed by atoms with Crippen molar-refractivity contribution in [2.75, 3.05) is 62.8 Å². The summed E-state index contributed by atoms with van der Waals surface area (Å²) < 4.78 is 25.3. The number of rotatable bonds is 5. The predicted molar refractivity (Wildman–Crippen MR) is 138 cm³/mol. The number of anilines is 2. The average Bonchev–Trinajstić information content (AvgIpc) is 3.63. The number of fused-ring (bicyclic) bond motifs is 1. The molecule has 2 aromatic rings. The third kappa shape index (κ3) is 4.57. The molecular weight excluding hydrogens is 483 g/mol. The van der Waals surface area contributed by atoms with Gasteiger partial charge < -0.3 is 19.7 Å². The monoisotopic (exact) mass is 516 g/mol. The van der Waals surface area contributed by atoms with Gasteiger partial charge in [0.1, 0.15) is 12.0 Å². The Morgan fingerprint density at radius 3 is 2.64 bits per heavy atom. The van der Waals surface area contributed by atoms with Crippen LogP contribution < -0.4 is 10.2 Å². The summed E-state index contributed by atoms with van der Waals surface area (Å²) in [5.41, 5.74) is 0.405. The molecule has 6 rings (SSSR count). The zero-order chi connectivity index (χ0) is 24.9. The van der Waals surface area contributed by atoms with Crippen molar-refractivity contribution in [1.82, 2.24) is 9.88 Å². The number of ether oxygens (including phenoxy) is 2.